The molecule has 3 rings (SSSR count). The molecule has 2 amide bonds. The van der Waals surface area contributed by atoms with Gasteiger partial charge < -0.3 is 20.2 Å². The molecule has 7 heteroatoms. The zero-order valence-corrected chi connectivity index (χ0v) is 16.7. The molecule has 0 radical (unpaired) electrons. The second-order valence-corrected chi connectivity index (χ2v) is 7.99. The number of carbonyl (C=O) groups is 2. The number of urea groups is 1. The molecule has 0 bridgehead atoms. The number of nitrogens with zero attached hydrogens (tertiary/aromatic N) is 3. The van der Waals surface area contributed by atoms with Gasteiger partial charge in [0.2, 0.25) is 0 Å². The predicted octanol–water partition coefficient (Wildman–Crippen LogP) is 2.97. The van der Waals surface area contributed by atoms with Crippen molar-refractivity contribution in [3.05, 3.63) is 24.4 Å². The molecule has 0 atom stereocenters. The quantitative estimate of drug-likeness (QED) is 0.782. The van der Waals surface area contributed by atoms with Crippen LogP contribution in [0.25, 0.3) is 0 Å². The summed E-state index contributed by atoms with van der Waals surface area (Å²) in [5.41, 5.74) is 0. The van der Waals surface area contributed by atoms with Crippen molar-refractivity contribution in [2.45, 2.75) is 51.5 Å². The van der Waals surface area contributed by atoms with Gasteiger partial charge in [0, 0.05) is 38.4 Å². The number of amides is 2. The summed E-state index contributed by atoms with van der Waals surface area (Å²) in [4.78, 5) is 32.4. The number of hydrogen-bond acceptors (Lipinski definition) is 4. The second kappa shape index (κ2) is 9.75. The maximum Gasteiger partial charge on any atom is 0.317 e. The zero-order chi connectivity index (χ0) is 19.9. The minimum atomic E-state index is -0.711. The van der Waals surface area contributed by atoms with Crippen LogP contribution >= 0.6 is 0 Å². The molecule has 1 aliphatic heterocycles. The highest BCUT2D eigenvalue weighted by Gasteiger charge is 2.28. The van der Waals surface area contributed by atoms with E-state index in [4.69, 9.17) is 5.11 Å². The highest BCUT2D eigenvalue weighted by molar-refractivity contribution is 5.74. The molecular formula is C21H32N4O3. The molecule has 1 aliphatic carbocycles. The summed E-state index contributed by atoms with van der Waals surface area (Å²) in [5.74, 6) is 0.577. The van der Waals surface area contributed by atoms with E-state index in [9.17, 15) is 9.59 Å². The van der Waals surface area contributed by atoms with Crippen LogP contribution in [0.2, 0.25) is 0 Å². The Balaban J connectivity index is 1.43. The third kappa shape index (κ3) is 5.36. The first kappa shape index (κ1) is 20.4. The van der Waals surface area contributed by atoms with Crippen molar-refractivity contribution in [2.24, 2.45) is 11.8 Å². The Kier molecular flexibility index (Phi) is 7.12. The van der Waals surface area contributed by atoms with Crippen molar-refractivity contribution in [2.75, 3.05) is 31.1 Å². The number of carboxylic acids is 1. The molecule has 0 unspecified atom stereocenters. The average molecular weight is 389 g/mol. The monoisotopic (exact) mass is 388 g/mol. The molecule has 154 valence electrons. The Hall–Kier alpha value is -2.31. The molecule has 7 nitrogen and oxygen atoms in total. The van der Waals surface area contributed by atoms with Gasteiger partial charge in [0.15, 0.2) is 0 Å². The van der Waals surface area contributed by atoms with Crippen molar-refractivity contribution in [3.8, 4) is 0 Å². The van der Waals surface area contributed by atoms with Crippen LogP contribution in [0.15, 0.2) is 24.4 Å². The van der Waals surface area contributed by atoms with Gasteiger partial charge in [-0.3, -0.25) is 4.79 Å². The van der Waals surface area contributed by atoms with E-state index in [0.717, 1.165) is 51.1 Å². The minimum Gasteiger partial charge on any atom is -0.481 e. The SMILES string of the molecule is CCN(CC1CCN(c2ccccn2)CC1)C(=O)NC1CCC(C(=O)O)CC1. The van der Waals surface area contributed by atoms with Crippen LogP contribution in [-0.4, -0.2) is 59.2 Å². The molecule has 1 saturated heterocycles. The van der Waals surface area contributed by atoms with Gasteiger partial charge in [-0.15, -0.1) is 0 Å². The van der Waals surface area contributed by atoms with E-state index in [0.29, 0.717) is 25.3 Å². The first-order chi connectivity index (χ1) is 13.6. The fraction of sp³-hybridized carbons (Fsp3) is 0.667. The van der Waals surface area contributed by atoms with Crippen LogP contribution in [-0.2, 0) is 4.79 Å². The number of piperidine rings is 1. The fourth-order valence-electron chi connectivity index (χ4n) is 4.30. The van der Waals surface area contributed by atoms with Crippen molar-refractivity contribution in [1.29, 1.82) is 0 Å². The third-order valence-corrected chi connectivity index (χ3v) is 6.14. The number of aromatic nitrogens is 1. The summed E-state index contributed by atoms with van der Waals surface area (Å²) in [6.07, 6.45) is 6.75. The lowest BCUT2D eigenvalue weighted by molar-refractivity contribution is -0.142. The molecule has 1 aromatic rings. The van der Waals surface area contributed by atoms with E-state index >= 15 is 0 Å². The van der Waals surface area contributed by atoms with Gasteiger partial charge in [0.1, 0.15) is 5.82 Å². The van der Waals surface area contributed by atoms with E-state index in [2.05, 4.69) is 15.2 Å². The summed E-state index contributed by atoms with van der Waals surface area (Å²) in [6, 6.07) is 6.09. The first-order valence-electron chi connectivity index (χ1n) is 10.5. The number of carboxylic acid groups (broad SMARTS) is 1. The normalized spacial score (nSPS) is 23.2. The van der Waals surface area contributed by atoms with Gasteiger partial charge in [-0.1, -0.05) is 6.07 Å². The molecule has 2 aliphatic rings. The first-order valence-corrected chi connectivity index (χ1v) is 10.5. The maximum atomic E-state index is 12.7. The second-order valence-electron chi connectivity index (χ2n) is 7.99. The van der Waals surface area contributed by atoms with Crippen molar-refractivity contribution >= 4 is 17.8 Å². The molecule has 2 N–H and O–H groups in total. The molecular weight excluding hydrogens is 356 g/mol. The van der Waals surface area contributed by atoms with Gasteiger partial charge in [-0.05, 0) is 63.5 Å². The summed E-state index contributed by atoms with van der Waals surface area (Å²) < 4.78 is 0. The summed E-state index contributed by atoms with van der Waals surface area (Å²) in [7, 11) is 0. The Labute approximate surface area is 167 Å². The summed E-state index contributed by atoms with van der Waals surface area (Å²) in [6.45, 7) is 5.43. The van der Waals surface area contributed by atoms with E-state index in [1.54, 1.807) is 0 Å². The molecule has 2 heterocycles. The number of hydrogen-bond donors (Lipinski definition) is 2. The number of pyridine rings is 1. The fourth-order valence-corrected chi connectivity index (χ4v) is 4.30. The smallest absolute Gasteiger partial charge is 0.317 e. The largest absolute Gasteiger partial charge is 0.481 e. The number of rotatable bonds is 6. The van der Waals surface area contributed by atoms with Crippen LogP contribution in [0.4, 0.5) is 10.6 Å². The highest BCUT2D eigenvalue weighted by atomic mass is 16.4. The van der Waals surface area contributed by atoms with Gasteiger partial charge in [0.25, 0.3) is 0 Å². The molecule has 1 saturated carbocycles. The van der Waals surface area contributed by atoms with Crippen molar-refractivity contribution in [3.63, 3.8) is 0 Å². The number of nitrogens with one attached hydrogen (secondary N) is 1. The van der Waals surface area contributed by atoms with Gasteiger partial charge in [-0.2, -0.15) is 0 Å². The van der Waals surface area contributed by atoms with Crippen LogP contribution in [0.5, 0.6) is 0 Å². The lowest BCUT2D eigenvalue weighted by Crippen LogP contribution is -2.48. The highest BCUT2D eigenvalue weighted by Crippen LogP contribution is 2.25. The molecule has 0 spiro atoms. The van der Waals surface area contributed by atoms with Crippen LogP contribution < -0.4 is 10.2 Å². The zero-order valence-electron chi connectivity index (χ0n) is 16.7. The standard InChI is InChI=1S/C21H32N4O3/c1-2-24(21(28)23-18-8-6-17(7-9-18)20(26)27)15-16-10-13-25(14-11-16)19-5-3-4-12-22-19/h3-5,12,16-18H,2,6-11,13-15H2,1H3,(H,23,28)(H,26,27). The van der Waals surface area contributed by atoms with Gasteiger partial charge in [-0.25, -0.2) is 9.78 Å². The van der Waals surface area contributed by atoms with Crippen LogP contribution in [0.3, 0.4) is 0 Å². The molecule has 2 fully saturated rings. The Morgan fingerprint density at radius 3 is 2.46 bits per heavy atom. The van der Waals surface area contributed by atoms with E-state index < -0.39 is 5.97 Å². The molecule has 28 heavy (non-hydrogen) atoms. The number of aliphatic carboxylic acids is 1. The Bertz CT molecular complexity index is 638. The van der Waals surface area contributed by atoms with Crippen LogP contribution in [0.1, 0.15) is 45.4 Å². The lowest BCUT2D eigenvalue weighted by atomic mass is 9.86. The van der Waals surface area contributed by atoms with Crippen LogP contribution in [0, 0.1) is 11.8 Å². The minimum absolute atomic E-state index is 0.00608. The van der Waals surface area contributed by atoms with Gasteiger partial charge in [0.05, 0.1) is 5.92 Å². The molecule has 1 aromatic heterocycles. The number of anilines is 1. The lowest BCUT2D eigenvalue weighted by Gasteiger charge is -2.36. The molecule has 0 aromatic carbocycles. The van der Waals surface area contributed by atoms with E-state index in [1.165, 1.54) is 0 Å². The summed E-state index contributed by atoms with van der Waals surface area (Å²) >= 11 is 0. The van der Waals surface area contributed by atoms with Crippen molar-refractivity contribution in [1.82, 2.24) is 15.2 Å². The van der Waals surface area contributed by atoms with Gasteiger partial charge >= 0.3 is 12.0 Å². The summed E-state index contributed by atoms with van der Waals surface area (Å²) in [5, 5.41) is 12.2. The topological polar surface area (TPSA) is 85.8 Å². The van der Waals surface area contributed by atoms with Crippen molar-refractivity contribution < 1.29 is 14.7 Å². The van der Waals surface area contributed by atoms with E-state index in [1.807, 2.05) is 36.2 Å². The maximum absolute atomic E-state index is 12.7. The Morgan fingerprint density at radius 1 is 1.18 bits per heavy atom. The predicted molar refractivity (Wildman–Crippen MR) is 108 cm³/mol. The average Bonchev–Trinajstić information content (AvgIpc) is 2.73. The Morgan fingerprint density at radius 2 is 1.89 bits per heavy atom. The number of carbonyl (C=O) groups excluding carboxylic acids is 1. The third-order valence-electron chi connectivity index (χ3n) is 6.14. The van der Waals surface area contributed by atoms with E-state index in [-0.39, 0.29) is 18.0 Å².